The summed E-state index contributed by atoms with van der Waals surface area (Å²) in [6.07, 6.45) is 1.74. The van der Waals surface area contributed by atoms with Gasteiger partial charge in [0.25, 0.3) is 5.69 Å². The van der Waals surface area contributed by atoms with E-state index < -0.39 is 17.0 Å². The molecule has 0 bridgehead atoms. The van der Waals surface area contributed by atoms with Gasteiger partial charge in [0.15, 0.2) is 6.10 Å². The fourth-order valence-corrected chi connectivity index (χ4v) is 2.09. The molecule has 0 amide bonds. The minimum atomic E-state index is -0.906. The number of ketones is 1. The second kappa shape index (κ2) is 8.01. The number of Topliss-reactive ketones (excluding diaryl/α,β-unsaturated/α-hetero) is 1. The molecule has 0 spiro atoms. The van der Waals surface area contributed by atoms with E-state index >= 15 is 0 Å². The molecule has 0 aromatic heterocycles. The van der Waals surface area contributed by atoms with E-state index in [9.17, 15) is 19.7 Å². The number of ether oxygens (including phenoxy) is 1. The van der Waals surface area contributed by atoms with Crippen LogP contribution in [-0.4, -0.2) is 22.8 Å². The Morgan fingerprint density at radius 2 is 1.68 bits per heavy atom. The maximum atomic E-state index is 12.2. The van der Waals surface area contributed by atoms with Crippen LogP contribution in [0.3, 0.4) is 0 Å². The van der Waals surface area contributed by atoms with Crippen molar-refractivity contribution in [3.63, 3.8) is 0 Å². The maximum Gasteiger partial charge on any atom is 0.331 e. The van der Waals surface area contributed by atoms with Crippen molar-refractivity contribution in [2.75, 3.05) is 0 Å². The maximum absolute atomic E-state index is 12.2. The lowest BCUT2D eigenvalue weighted by Crippen LogP contribution is -2.23. The summed E-state index contributed by atoms with van der Waals surface area (Å²) >= 11 is 0. The van der Waals surface area contributed by atoms with E-state index in [1.54, 1.807) is 12.1 Å². The van der Waals surface area contributed by atoms with Crippen molar-refractivity contribution in [1.29, 1.82) is 0 Å². The Hall–Kier alpha value is -3.28. The smallest absolute Gasteiger partial charge is 0.331 e. The van der Waals surface area contributed by atoms with Gasteiger partial charge in [0.2, 0.25) is 5.78 Å². The van der Waals surface area contributed by atoms with Crippen molar-refractivity contribution in [3.8, 4) is 0 Å². The van der Waals surface area contributed by atoms with Gasteiger partial charge in [-0.2, -0.15) is 0 Å². The van der Waals surface area contributed by atoms with E-state index in [1.165, 1.54) is 43.3 Å². The van der Waals surface area contributed by atoms with Gasteiger partial charge in [-0.15, -0.1) is 0 Å². The predicted molar refractivity (Wildman–Crippen MR) is 93.2 cm³/mol. The van der Waals surface area contributed by atoms with Crippen LogP contribution in [0.1, 0.15) is 28.4 Å². The van der Waals surface area contributed by atoms with Gasteiger partial charge < -0.3 is 4.74 Å². The van der Waals surface area contributed by atoms with Crippen LogP contribution in [0.25, 0.3) is 6.08 Å². The Morgan fingerprint density at radius 3 is 2.24 bits per heavy atom. The zero-order chi connectivity index (χ0) is 18.4. The van der Waals surface area contributed by atoms with Crippen molar-refractivity contribution in [3.05, 3.63) is 81.4 Å². The van der Waals surface area contributed by atoms with E-state index in [0.29, 0.717) is 11.1 Å². The molecule has 0 saturated carbocycles. The highest BCUT2D eigenvalue weighted by Gasteiger charge is 2.18. The first-order valence-electron chi connectivity index (χ1n) is 7.61. The Morgan fingerprint density at radius 1 is 1.08 bits per heavy atom. The summed E-state index contributed by atoms with van der Waals surface area (Å²) < 4.78 is 5.10. The number of nitro benzene ring substituents is 1. The van der Waals surface area contributed by atoms with E-state index in [2.05, 4.69) is 0 Å². The lowest BCUT2D eigenvalue weighted by Gasteiger charge is -2.11. The zero-order valence-electron chi connectivity index (χ0n) is 13.8. The number of esters is 1. The van der Waals surface area contributed by atoms with E-state index in [-0.39, 0.29) is 11.5 Å². The number of nitrogens with zero attached hydrogens (tertiary/aromatic N) is 1. The summed E-state index contributed by atoms with van der Waals surface area (Å²) in [4.78, 5) is 34.1. The van der Waals surface area contributed by atoms with Gasteiger partial charge in [-0.3, -0.25) is 14.9 Å². The summed E-state index contributed by atoms with van der Waals surface area (Å²) in [6.45, 7) is 3.43. The lowest BCUT2D eigenvalue weighted by molar-refractivity contribution is -0.384. The number of nitro groups is 1. The highest BCUT2D eigenvalue weighted by molar-refractivity contribution is 6.01. The van der Waals surface area contributed by atoms with E-state index in [0.717, 1.165) is 5.56 Å². The van der Waals surface area contributed by atoms with Gasteiger partial charge in [-0.05, 0) is 37.6 Å². The second-order valence-electron chi connectivity index (χ2n) is 5.49. The summed E-state index contributed by atoms with van der Waals surface area (Å²) in [5, 5.41) is 10.6. The predicted octanol–water partition coefficient (Wildman–Crippen LogP) is 3.73. The third-order valence-electron chi connectivity index (χ3n) is 3.51. The van der Waals surface area contributed by atoms with Gasteiger partial charge >= 0.3 is 5.97 Å². The number of aryl methyl sites for hydroxylation is 1. The molecule has 0 aliphatic carbocycles. The first-order chi connectivity index (χ1) is 11.9. The Kier molecular flexibility index (Phi) is 5.79. The molecule has 0 heterocycles. The van der Waals surface area contributed by atoms with Crippen molar-refractivity contribution in [2.45, 2.75) is 20.0 Å². The molecule has 0 unspecified atom stereocenters. The van der Waals surface area contributed by atoms with Crippen molar-refractivity contribution >= 4 is 23.5 Å². The third kappa shape index (κ3) is 5.10. The first kappa shape index (κ1) is 18.1. The normalized spacial score (nSPS) is 11.9. The van der Waals surface area contributed by atoms with E-state index in [4.69, 9.17) is 4.74 Å². The van der Waals surface area contributed by atoms with Crippen LogP contribution in [0.4, 0.5) is 5.69 Å². The molecule has 2 aromatic rings. The zero-order valence-corrected chi connectivity index (χ0v) is 13.8. The van der Waals surface area contributed by atoms with Crippen molar-refractivity contribution in [1.82, 2.24) is 0 Å². The molecule has 6 heteroatoms. The fraction of sp³-hybridized carbons (Fsp3) is 0.158. The standard InChI is InChI=1S/C19H17NO5/c1-13-3-8-16(9-4-13)19(22)14(2)25-18(21)12-7-15-5-10-17(11-6-15)20(23)24/h3-12,14H,1-2H3/b12-7+/t14-/m0/s1. The molecule has 0 fully saturated rings. The summed E-state index contributed by atoms with van der Waals surface area (Å²) in [5.41, 5.74) is 2.09. The molecule has 1 atom stereocenters. The average Bonchev–Trinajstić information content (AvgIpc) is 2.60. The van der Waals surface area contributed by atoms with Gasteiger partial charge in [0, 0.05) is 23.8 Å². The number of carbonyl (C=O) groups excluding carboxylic acids is 2. The van der Waals surface area contributed by atoms with Crippen LogP contribution < -0.4 is 0 Å². The van der Waals surface area contributed by atoms with Crippen LogP contribution in [0, 0.1) is 17.0 Å². The monoisotopic (exact) mass is 339 g/mol. The molecular formula is C19H17NO5. The number of hydrogen-bond donors (Lipinski definition) is 0. The van der Waals surface area contributed by atoms with Crippen LogP contribution in [0.5, 0.6) is 0 Å². The number of non-ortho nitro benzene ring substituents is 1. The molecule has 0 radical (unpaired) electrons. The van der Waals surface area contributed by atoms with Crippen LogP contribution in [0.2, 0.25) is 0 Å². The molecule has 2 aromatic carbocycles. The molecular weight excluding hydrogens is 322 g/mol. The quantitative estimate of drug-likeness (QED) is 0.263. The summed E-state index contributed by atoms with van der Waals surface area (Å²) in [6, 6.07) is 12.7. The average molecular weight is 339 g/mol. The fourth-order valence-electron chi connectivity index (χ4n) is 2.09. The Labute approximate surface area is 144 Å². The summed E-state index contributed by atoms with van der Waals surface area (Å²) in [5.74, 6) is -0.941. The largest absolute Gasteiger partial charge is 0.451 e. The third-order valence-corrected chi connectivity index (χ3v) is 3.51. The highest BCUT2D eigenvalue weighted by Crippen LogP contribution is 2.13. The topological polar surface area (TPSA) is 86.5 Å². The van der Waals surface area contributed by atoms with Crippen molar-refractivity contribution < 1.29 is 19.2 Å². The SMILES string of the molecule is Cc1ccc(C(=O)[C@H](C)OC(=O)/C=C/c2ccc([N+](=O)[O-])cc2)cc1. The number of benzene rings is 2. The van der Waals surface area contributed by atoms with Gasteiger partial charge in [0.05, 0.1) is 4.92 Å². The minimum Gasteiger partial charge on any atom is -0.451 e. The van der Waals surface area contributed by atoms with Crippen LogP contribution in [0.15, 0.2) is 54.6 Å². The molecule has 6 nitrogen and oxygen atoms in total. The molecule has 25 heavy (non-hydrogen) atoms. The molecule has 128 valence electrons. The number of carbonyl (C=O) groups is 2. The van der Waals surface area contributed by atoms with E-state index in [1.807, 2.05) is 19.1 Å². The molecule has 0 saturated heterocycles. The van der Waals surface area contributed by atoms with Gasteiger partial charge in [-0.1, -0.05) is 29.8 Å². The number of rotatable bonds is 6. The van der Waals surface area contributed by atoms with Crippen LogP contribution in [-0.2, 0) is 9.53 Å². The Bertz CT molecular complexity index is 807. The molecule has 2 rings (SSSR count). The molecule has 0 N–H and O–H groups in total. The lowest BCUT2D eigenvalue weighted by atomic mass is 10.1. The first-order valence-corrected chi connectivity index (χ1v) is 7.61. The van der Waals surface area contributed by atoms with Gasteiger partial charge in [0.1, 0.15) is 0 Å². The molecule has 0 aliphatic heterocycles. The highest BCUT2D eigenvalue weighted by atomic mass is 16.6. The summed E-state index contributed by atoms with van der Waals surface area (Å²) in [7, 11) is 0. The number of hydrogen-bond acceptors (Lipinski definition) is 5. The van der Waals surface area contributed by atoms with Gasteiger partial charge in [-0.25, -0.2) is 4.79 Å². The minimum absolute atomic E-state index is 0.0305. The molecule has 0 aliphatic rings. The van der Waals surface area contributed by atoms with Crippen molar-refractivity contribution in [2.24, 2.45) is 0 Å². The Balaban J connectivity index is 1.95. The van der Waals surface area contributed by atoms with Crippen LogP contribution >= 0.6 is 0 Å². The second-order valence-corrected chi connectivity index (χ2v) is 5.49.